The summed E-state index contributed by atoms with van der Waals surface area (Å²) in [5.74, 6) is 0.344. The second kappa shape index (κ2) is 10.4. The fraction of sp³-hybridized carbons (Fsp3) is 0.609. The van der Waals surface area contributed by atoms with E-state index in [-0.39, 0.29) is 17.9 Å². The summed E-state index contributed by atoms with van der Waals surface area (Å²) in [6.07, 6.45) is 8.12. The third-order valence-electron chi connectivity index (χ3n) is 6.15. The summed E-state index contributed by atoms with van der Waals surface area (Å²) in [6, 6.07) is 8.49. The highest BCUT2D eigenvalue weighted by Gasteiger charge is 2.28. The third-order valence-corrected chi connectivity index (χ3v) is 7.29. The molecule has 1 aromatic carbocycles. The van der Waals surface area contributed by atoms with E-state index < -0.39 is 0 Å². The van der Waals surface area contributed by atoms with Crippen molar-refractivity contribution in [1.82, 2.24) is 20.1 Å². The van der Waals surface area contributed by atoms with Crippen LogP contribution in [0, 0.1) is 0 Å². The first-order chi connectivity index (χ1) is 14.7. The Labute approximate surface area is 182 Å². The van der Waals surface area contributed by atoms with Gasteiger partial charge in [0.05, 0.1) is 22.8 Å². The van der Waals surface area contributed by atoms with Crippen LogP contribution < -0.4 is 5.32 Å². The number of aromatic nitrogens is 1. The highest BCUT2D eigenvalue weighted by molar-refractivity contribution is 7.18. The highest BCUT2D eigenvalue weighted by atomic mass is 32.1. The van der Waals surface area contributed by atoms with E-state index in [0.717, 1.165) is 68.7 Å². The van der Waals surface area contributed by atoms with Crippen LogP contribution in [0.5, 0.6) is 0 Å². The summed E-state index contributed by atoms with van der Waals surface area (Å²) in [4.78, 5) is 33.7. The van der Waals surface area contributed by atoms with Crippen molar-refractivity contribution in [3.63, 3.8) is 0 Å². The molecular weight excluding hydrogens is 396 g/mol. The molecule has 4 rings (SSSR count). The Morgan fingerprint density at radius 1 is 1.13 bits per heavy atom. The normalized spacial score (nSPS) is 21.0. The Morgan fingerprint density at radius 3 is 2.90 bits per heavy atom. The van der Waals surface area contributed by atoms with Crippen LogP contribution in [0.15, 0.2) is 24.3 Å². The first-order valence-corrected chi connectivity index (χ1v) is 12.2. The molecule has 0 radical (unpaired) electrons. The van der Waals surface area contributed by atoms with Crippen LogP contribution in [0.4, 0.5) is 0 Å². The minimum atomic E-state index is 0.0743. The molecule has 7 heteroatoms. The van der Waals surface area contributed by atoms with E-state index in [2.05, 4.69) is 28.4 Å². The van der Waals surface area contributed by atoms with Crippen LogP contribution >= 0.6 is 11.3 Å². The van der Waals surface area contributed by atoms with Gasteiger partial charge in [0.2, 0.25) is 11.8 Å². The van der Waals surface area contributed by atoms with Crippen molar-refractivity contribution in [2.24, 2.45) is 0 Å². The maximum atomic E-state index is 12.6. The van der Waals surface area contributed by atoms with Gasteiger partial charge in [-0.25, -0.2) is 4.98 Å². The number of carbonyl (C=O) groups excluding carboxylic acids is 2. The predicted molar refractivity (Wildman–Crippen MR) is 120 cm³/mol. The van der Waals surface area contributed by atoms with E-state index in [1.165, 1.54) is 11.1 Å². The number of para-hydroxylation sites is 1. The maximum Gasteiger partial charge on any atom is 0.234 e. The maximum absolute atomic E-state index is 12.6. The van der Waals surface area contributed by atoms with Gasteiger partial charge in [0.25, 0.3) is 0 Å². The van der Waals surface area contributed by atoms with Crippen molar-refractivity contribution in [2.75, 3.05) is 32.7 Å². The van der Waals surface area contributed by atoms with Gasteiger partial charge < -0.3 is 10.2 Å². The lowest BCUT2D eigenvalue weighted by atomic mass is 10.0. The molecular formula is C23H32N4O2S. The molecule has 2 aromatic rings. The molecule has 30 heavy (non-hydrogen) atoms. The van der Waals surface area contributed by atoms with Gasteiger partial charge in [-0.3, -0.25) is 14.5 Å². The molecule has 2 amide bonds. The van der Waals surface area contributed by atoms with E-state index >= 15 is 0 Å². The molecule has 2 aliphatic heterocycles. The van der Waals surface area contributed by atoms with E-state index in [1.54, 1.807) is 11.3 Å². The van der Waals surface area contributed by atoms with Gasteiger partial charge in [-0.05, 0) is 50.8 Å². The van der Waals surface area contributed by atoms with Crippen LogP contribution in [-0.2, 0) is 9.59 Å². The number of hydrogen-bond acceptors (Lipinski definition) is 5. The zero-order valence-corrected chi connectivity index (χ0v) is 18.5. The molecule has 1 unspecified atom stereocenters. The van der Waals surface area contributed by atoms with Crippen LogP contribution in [0.2, 0.25) is 0 Å². The number of benzene rings is 1. The van der Waals surface area contributed by atoms with E-state index in [9.17, 15) is 9.59 Å². The largest absolute Gasteiger partial charge is 0.355 e. The quantitative estimate of drug-likeness (QED) is 0.683. The first kappa shape index (κ1) is 21.2. The Bertz CT molecular complexity index is 835. The summed E-state index contributed by atoms with van der Waals surface area (Å²) in [7, 11) is 0. The molecule has 2 saturated heterocycles. The van der Waals surface area contributed by atoms with E-state index in [1.807, 2.05) is 11.0 Å². The predicted octanol–water partition coefficient (Wildman–Crippen LogP) is 3.73. The molecule has 2 aliphatic rings. The molecule has 0 saturated carbocycles. The molecule has 2 fully saturated rings. The Morgan fingerprint density at radius 2 is 2.00 bits per heavy atom. The van der Waals surface area contributed by atoms with Crippen LogP contribution in [-0.4, -0.2) is 59.3 Å². The zero-order valence-electron chi connectivity index (χ0n) is 17.6. The average Bonchev–Trinajstić information content (AvgIpc) is 3.08. The molecule has 1 N–H and O–H groups in total. The number of piperidine rings is 1. The minimum Gasteiger partial charge on any atom is -0.355 e. The lowest BCUT2D eigenvalue weighted by Crippen LogP contribution is -2.42. The Hall–Kier alpha value is -1.99. The van der Waals surface area contributed by atoms with Gasteiger partial charge in [0.1, 0.15) is 5.01 Å². The Kier molecular flexibility index (Phi) is 7.33. The molecule has 6 nitrogen and oxygen atoms in total. The fourth-order valence-electron chi connectivity index (χ4n) is 4.51. The van der Waals surface area contributed by atoms with Crippen molar-refractivity contribution in [3.8, 4) is 0 Å². The number of thiazole rings is 1. The van der Waals surface area contributed by atoms with Crippen molar-refractivity contribution >= 4 is 33.4 Å². The number of carbonyl (C=O) groups is 2. The summed E-state index contributed by atoms with van der Waals surface area (Å²) in [5.41, 5.74) is 1.05. The minimum absolute atomic E-state index is 0.0743. The van der Waals surface area contributed by atoms with Crippen molar-refractivity contribution in [1.29, 1.82) is 0 Å². The third kappa shape index (κ3) is 5.38. The van der Waals surface area contributed by atoms with E-state index in [4.69, 9.17) is 4.98 Å². The Balaban J connectivity index is 1.26. The topological polar surface area (TPSA) is 65.5 Å². The first-order valence-electron chi connectivity index (χ1n) is 11.3. The van der Waals surface area contributed by atoms with Gasteiger partial charge in [0, 0.05) is 26.1 Å². The van der Waals surface area contributed by atoms with Crippen LogP contribution in [0.3, 0.4) is 0 Å². The van der Waals surface area contributed by atoms with Crippen molar-refractivity contribution in [2.45, 2.75) is 57.4 Å². The number of hydrogen-bond donors (Lipinski definition) is 1. The van der Waals surface area contributed by atoms with Crippen LogP contribution in [0.25, 0.3) is 10.2 Å². The number of rotatable bonds is 7. The summed E-state index contributed by atoms with van der Waals surface area (Å²) >= 11 is 1.75. The zero-order chi connectivity index (χ0) is 20.8. The van der Waals surface area contributed by atoms with Gasteiger partial charge in [-0.1, -0.05) is 25.0 Å². The lowest BCUT2D eigenvalue weighted by molar-refractivity contribution is -0.130. The molecule has 162 valence electrons. The smallest absolute Gasteiger partial charge is 0.234 e. The second-order valence-corrected chi connectivity index (χ2v) is 9.46. The van der Waals surface area contributed by atoms with Gasteiger partial charge in [-0.15, -0.1) is 11.3 Å². The average molecular weight is 429 g/mol. The SMILES string of the molecule is O=C(CN1CCCCC1c1nc2ccccc2s1)NCCCN1CCCCCC1=O. The number of nitrogens with zero attached hydrogens (tertiary/aromatic N) is 3. The van der Waals surface area contributed by atoms with Gasteiger partial charge in [0.15, 0.2) is 0 Å². The standard InChI is InChI=1S/C23H32N4O2S/c28-21(24-13-8-16-26-14-6-1-2-12-22(26)29)17-27-15-7-5-10-19(27)23-25-18-9-3-4-11-20(18)30-23/h3-4,9,11,19H,1-2,5-8,10,12-17H2,(H,24,28). The summed E-state index contributed by atoms with van der Waals surface area (Å²) < 4.78 is 1.21. The van der Waals surface area contributed by atoms with Gasteiger partial charge in [-0.2, -0.15) is 0 Å². The number of nitrogens with one attached hydrogen (secondary N) is 1. The summed E-state index contributed by atoms with van der Waals surface area (Å²) in [6.45, 7) is 3.60. The van der Waals surface area contributed by atoms with Gasteiger partial charge >= 0.3 is 0 Å². The monoisotopic (exact) mass is 428 g/mol. The van der Waals surface area contributed by atoms with Crippen LogP contribution in [0.1, 0.15) is 62.4 Å². The molecule has 0 bridgehead atoms. The molecule has 0 spiro atoms. The number of fused-ring (bicyclic) bond motifs is 1. The summed E-state index contributed by atoms with van der Waals surface area (Å²) in [5, 5.41) is 4.19. The highest BCUT2D eigenvalue weighted by Crippen LogP contribution is 2.35. The number of amides is 2. The second-order valence-electron chi connectivity index (χ2n) is 8.40. The van der Waals surface area contributed by atoms with Crippen molar-refractivity contribution in [3.05, 3.63) is 29.3 Å². The van der Waals surface area contributed by atoms with E-state index in [0.29, 0.717) is 19.5 Å². The fourth-order valence-corrected chi connectivity index (χ4v) is 5.64. The molecule has 0 aliphatic carbocycles. The molecule has 1 atom stereocenters. The molecule has 1 aromatic heterocycles. The van der Waals surface area contributed by atoms with Crippen molar-refractivity contribution < 1.29 is 9.59 Å². The molecule has 3 heterocycles. The lowest BCUT2D eigenvalue weighted by Gasteiger charge is -2.33. The number of likely N-dealkylation sites (tertiary alicyclic amines) is 2.